The van der Waals surface area contributed by atoms with Crippen LogP contribution in [0.4, 0.5) is 19.0 Å². The Labute approximate surface area is 302 Å². The Morgan fingerprint density at radius 1 is 1.08 bits per heavy atom. The molecule has 10 nitrogen and oxygen atoms in total. The second kappa shape index (κ2) is 14.5. The highest BCUT2D eigenvalue weighted by Crippen LogP contribution is 2.48. The van der Waals surface area contributed by atoms with Crippen molar-refractivity contribution < 1.29 is 32.2 Å². The van der Waals surface area contributed by atoms with E-state index in [0.717, 1.165) is 67.6 Å². The molecular weight excluding hydrogens is 673 g/mol. The number of hydrogen-bond acceptors (Lipinski definition) is 9. The zero-order valence-corrected chi connectivity index (χ0v) is 29.8. The number of benzene rings is 2. The van der Waals surface area contributed by atoms with Crippen LogP contribution in [-0.4, -0.2) is 110 Å². The van der Waals surface area contributed by atoms with Gasteiger partial charge in [-0.25, -0.2) is 0 Å². The molecule has 1 aromatic heterocycles. The monoisotopic (exact) mass is 718 g/mol. The summed E-state index contributed by atoms with van der Waals surface area (Å²) < 4.78 is 59.5. The third-order valence-corrected chi connectivity index (χ3v) is 10.9. The number of carbonyl (C=O) groups excluding carboxylic acids is 1. The van der Waals surface area contributed by atoms with Gasteiger partial charge in [-0.05, 0) is 72.6 Å². The molecule has 3 fully saturated rings. The molecule has 0 bridgehead atoms. The van der Waals surface area contributed by atoms with E-state index in [-0.39, 0.29) is 34.7 Å². The molecule has 52 heavy (non-hydrogen) atoms. The van der Waals surface area contributed by atoms with Crippen LogP contribution in [0.5, 0.6) is 11.8 Å². The maximum absolute atomic E-state index is 14.0. The van der Waals surface area contributed by atoms with Gasteiger partial charge in [-0.3, -0.25) is 9.79 Å². The Kier molecular flexibility index (Phi) is 10.0. The minimum absolute atomic E-state index is 0.0157. The van der Waals surface area contributed by atoms with Crippen LogP contribution < -0.4 is 14.4 Å². The first-order valence-corrected chi connectivity index (χ1v) is 17.9. The van der Waals surface area contributed by atoms with Gasteiger partial charge in [-0.15, -0.1) is 0 Å². The number of hydrogen-bond donors (Lipinski definition) is 0. The average molecular weight is 719 g/mol. The first-order valence-electron chi connectivity index (χ1n) is 17.9. The van der Waals surface area contributed by atoms with Crippen LogP contribution in [0, 0.1) is 12.3 Å². The van der Waals surface area contributed by atoms with E-state index in [2.05, 4.69) is 28.0 Å². The van der Waals surface area contributed by atoms with Crippen molar-refractivity contribution in [3.8, 4) is 22.9 Å². The van der Waals surface area contributed by atoms with Gasteiger partial charge >= 0.3 is 12.2 Å². The third-order valence-electron chi connectivity index (χ3n) is 10.9. The second-order valence-electron chi connectivity index (χ2n) is 14.3. The van der Waals surface area contributed by atoms with Crippen LogP contribution >= 0.6 is 0 Å². The lowest BCUT2D eigenvalue weighted by atomic mass is 9.72. The standard InChI is InChI=1S/C39H45F3N6O4/c1-5-26-19-29-34(35(51-24-39(40,41)42)33(26)32-25(3)7-8-27-20-43-21-30(27)32)44-37(52-28-9-13-46(14-10-28)17-18-50-4)45-36(29)47-15-11-38(12-16-47)22-48(23-38)31(49)6-2/h5-8,19-20,28H,1-2,9-18,21-24H2,3-4H3. The molecule has 2 aromatic carbocycles. The van der Waals surface area contributed by atoms with Crippen LogP contribution in [-0.2, 0) is 16.1 Å². The highest BCUT2D eigenvalue weighted by Gasteiger charge is 2.46. The Balaban J connectivity index is 1.33. The first-order chi connectivity index (χ1) is 25.0. The first kappa shape index (κ1) is 35.9. The Morgan fingerprint density at radius 2 is 1.83 bits per heavy atom. The van der Waals surface area contributed by atoms with E-state index in [1.54, 1.807) is 19.4 Å². The van der Waals surface area contributed by atoms with Crippen molar-refractivity contribution in [1.29, 1.82) is 0 Å². The minimum Gasteiger partial charge on any atom is -0.481 e. The van der Waals surface area contributed by atoms with Gasteiger partial charge in [0.1, 0.15) is 17.4 Å². The number of rotatable bonds is 11. The molecule has 276 valence electrons. The van der Waals surface area contributed by atoms with Crippen LogP contribution in [0.25, 0.3) is 28.1 Å². The maximum atomic E-state index is 14.0. The summed E-state index contributed by atoms with van der Waals surface area (Å²) in [4.78, 5) is 32.8. The number of piperidine rings is 2. The third kappa shape index (κ3) is 7.12. The number of fused-ring (bicyclic) bond motifs is 2. The fourth-order valence-electron chi connectivity index (χ4n) is 8.06. The molecule has 3 saturated heterocycles. The predicted molar refractivity (Wildman–Crippen MR) is 195 cm³/mol. The number of likely N-dealkylation sites (tertiary alicyclic amines) is 2. The van der Waals surface area contributed by atoms with E-state index in [0.29, 0.717) is 61.7 Å². The van der Waals surface area contributed by atoms with E-state index >= 15 is 0 Å². The molecule has 0 saturated carbocycles. The number of aryl methyl sites for hydroxylation is 1. The van der Waals surface area contributed by atoms with E-state index in [1.807, 2.05) is 30.0 Å². The lowest BCUT2D eigenvalue weighted by Crippen LogP contribution is -2.61. The van der Waals surface area contributed by atoms with Crippen molar-refractivity contribution in [2.45, 2.75) is 51.4 Å². The fraction of sp³-hybridized carbons (Fsp3) is 0.487. The lowest BCUT2D eigenvalue weighted by Gasteiger charge is -2.54. The number of methoxy groups -OCH3 is 1. The topological polar surface area (TPSA) is 92.6 Å². The lowest BCUT2D eigenvalue weighted by molar-refractivity contribution is -0.153. The highest BCUT2D eigenvalue weighted by atomic mass is 19.4. The number of alkyl halides is 3. The zero-order valence-electron chi connectivity index (χ0n) is 29.8. The highest BCUT2D eigenvalue weighted by molar-refractivity contribution is 6.04. The molecule has 7 rings (SSSR count). The minimum atomic E-state index is -4.60. The van der Waals surface area contributed by atoms with E-state index in [9.17, 15) is 18.0 Å². The molecule has 0 aliphatic carbocycles. The molecule has 4 aliphatic rings. The molecule has 1 amide bonds. The molecule has 3 aromatic rings. The number of ether oxygens (including phenoxy) is 3. The number of anilines is 1. The van der Waals surface area contributed by atoms with Gasteiger partial charge in [-0.2, -0.15) is 23.1 Å². The summed E-state index contributed by atoms with van der Waals surface area (Å²) in [5, 5.41) is 0.562. The van der Waals surface area contributed by atoms with Gasteiger partial charge in [0, 0.05) is 75.5 Å². The summed E-state index contributed by atoms with van der Waals surface area (Å²) in [7, 11) is 1.69. The number of halogens is 3. The van der Waals surface area contributed by atoms with Crippen LogP contribution in [0.3, 0.4) is 0 Å². The SMILES string of the molecule is C=CC(=O)N1CC2(CCN(c3nc(OC4CCN(CCOC)CC4)nc4c(OCC(F)(F)F)c(-c5c(C)ccc6c5CN=C6)c(C=C)cc34)CC2)C1. The molecule has 1 spiro atoms. The molecule has 0 atom stereocenters. The number of nitrogens with zero attached hydrogens (tertiary/aromatic N) is 6. The van der Waals surface area contributed by atoms with E-state index in [1.165, 1.54) is 6.08 Å². The Hall–Kier alpha value is -4.49. The molecule has 4 aliphatic heterocycles. The molecule has 0 N–H and O–H groups in total. The average Bonchev–Trinajstić information content (AvgIpc) is 3.60. The summed E-state index contributed by atoms with van der Waals surface area (Å²) in [5.74, 6) is 0.531. The van der Waals surface area contributed by atoms with Gasteiger partial charge in [0.05, 0.1) is 13.2 Å². The molecule has 0 unspecified atom stereocenters. The van der Waals surface area contributed by atoms with Crippen molar-refractivity contribution in [2.24, 2.45) is 10.4 Å². The number of aliphatic imine (C=N–C) groups is 1. The van der Waals surface area contributed by atoms with Gasteiger partial charge in [0.15, 0.2) is 12.4 Å². The zero-order chi connectivity index (χ0) is 36.6. The summed E-state index contributed by atoms with van der Waals surface area (Å²) in [6.45, 7) is 14.3. The number of amides is 1. The fourth-order valence-corrected chi connectivity index (χ4v) is 8.06. The van der Waals surface area contributed by atoms with Crippen molar-refractivity contribution in [1.82, 2.24) is 19.8 Å². The van der Waals surface area contributed by atoms with Crippen LogP contribution in [0.1, 0.15) is 47.9 Å². The normalized spacial score (nSPS) is 18.8. The second-order valence-corrected chi connectivity index (χ2v) is 14.3. The van der Waals surface area contributed by atoms with Gasteiger partial charge in [-0.1, -0.05) is 31.4 Å². The van der Waals surface area contributed by atoms with Crippen molar-refractivity contribution in [3.05, 3.63) is 59.7 Å². The molecule has 5 heterocycles. The molecule has 13 heteroatoms. The van der Waals surface area contributed by atoms with Crippen molar-refractivity contribution >= 4 is 34.9 Å². The Morgan fingerprint density at radius 3 is 2.50 bits per heavy atom. The van der Waals surface area contributed by atoms with Crippen LogP contribution in [0.15, 0.2) is 42.4 Å². The quantitative estimate of drug-likeness (QED) is 0.216. The molecular formula is C39H45F3N6O4. The summed E-state index contributed by atoms with van der Waals surface area (Å²) >= 11 is 0. The Bertz CT molecular complexity index is 1890. The number of carbonyl (C=O) groups is 1. The van der Waals surface area contributed by atoms with E-state index < -0.39 is 12.8 Å². The maximum Gasteiger partial charge on any atom is 0.422 e. The van der Waals surface area contributed by atoms with E-state index in [4.69, 9.17) is 24.2 Å². The van der Waals surface area contributed by atoms with Crippen molar-refractivity contribution in [3.63, 3.8) is 0 Å². The molecule has 0 radical (unpaired) electrons. The summed E-state index contributed by atoms with van der Waals surface area (Å²) in [5.41, 5.74) is 4.84. The predicted octanol–water partition coefficient (Wildman–Crippen LogP) is 6.23. The summed E-state index contributed by atoms with van der Waals surface area (Å²) in [6, 6.07) is 5.94. The summed E-state index contributed by atoms with van der Waals surface area (Å²) in [6.07, 6.45) is 3.18. The van der Waals surface area contributed by atoms with Gasteiger partial charge < -0.3 is 28.9 Å². The van der Waals surface area contributed by atoms with Gasteiger partial charge in [0.25, 0.3) is 0 Å². The smallest absolute Gasteiger partial charge is 0.422 e. The van der Waals surface area contributed by atoms with Gasteiger partial charge in [0.2, 0.25) is 5.91 Å². The largest absolute Gasteiger partial charge is 0.481 e. The van der Waals surface area contributed by atoms with Crippen LogP contribution in [0.2, 0.25) is 0 Å². The number of aromatic nitrogens is 2. The van der Waals surface area contributed by atoms with Crippen molar-refractivity contribution in [2.75, 3.05) is 71.0 Å².